The van der Waals surface area contributed by atoms with E-state index in [1.807, 2.05) is 0 Å². The van der Waals surface area contributed by atoms with Crippen LogP contribution in [0.1, 0.15) is 6.92 Å². The number of nitrogens with two attached hydrogens (primary N) is 1. The predicted molar refractivity (Wildman–Crippen MR) is 49.8 cm³/mol. The fourth-order valence-corrected chi connectivity index (χ4v) is 0.551. The first-order valence-corrected chi connectivity index (χ1v) is 4.44. The lowest BCUT2D eigenvalue weighted by Crippen LogP contribution is -2.24. The Bertz CT molecular complexity index is 157. The van der Waals surface area contributed by atoms with Crippen molar-refractivity contribution in [3.05, 3.63) is 0 Å². The van der Waals surface area contributed by atoms with Crippen molar-refractivity contribution in [1.29, 1.82) is 4.78 Å². The zero-order valence-electron chi connectivity index (χ0n) is 5.99. The lowest BCUT2D eigenvalue weighted by atomic mass is 10.5. The number of hydrogen-bond acceptors (Lipinski definition) is 3. The van der Waals surface area contributed by atoms with E-state index in [4.69, 9.17) is 10.5 Å². The number of nitrogens with one attached hydrogen (secondary N) is 1. The third-order valence-corrected chi connectivity index (χ3v) is 2.83. The first-order chi connectivity index (χ1) is 3.48. The van der Waals surface area contributed by atoms with E-state index in [2.05, 4.69) is 0 Å². The molecule has 2 atom stereocenters. The molecule has 0 saturated heterocycles. The Morgan fingerprint density at radius 3 is 1.90 bits per heavy atom. The van der Waals surface area contributed by atoms with E-state index >= 15 is 0 Å². The van der Waals surface area contributed by atoms with E-state index in [9.17, 15) is 4.21 Å². The molecule has 2 unspecified atom stereocenters. The summed E-state index contributed by atoms with van der Waals surface area (Å²) in [5.74, 6) is 0. The second kappa shape index (κ2) is 6.22. The largest absolute Gasteiger partial charge is 0.329 e. The van der Waals surface area contributed by atoms with Gasteiger partial charge < -0.3 is 5.73 Å². The first kappa shape index (κ1) is 16.8. The van der Waals surface area contributed by atoms with Gasteiger partial charge in [0.1, 0.15) is 0 Å². The summed E-state index contributed by atoms with van der Waals surface area (Å²) in [6.07, 6.45) is 1.41. The molecule has 3 nitrogen and oxygen atoms in total. The SMILES string of the molecule is CC(CN)S(C)(=N)=O.Cl.Cl. The van der Waals surface area contributed by atoms with Crippen molar-refractivity contribution in [2.45, 2.75) is 12.2 Å². The highest BCUT2D eigenvalue weighted by molar-refractivity contribution is 7.92. The lowest BCUT2D eigenvalue weighted by Gasteiger charge is -2.06. The van der Waals surface area contributed by atoms with Gasteiger partial charge in [-0.3, -0.25) is 4.78 Å². The Kier molecular flexibility index (Phi) is 10.5. The van der Waals surface area contributed by atoms with Crippen molar-refractivity contribution in [3.63, 3.8) is 0 Å². The van der Waals surface area contributed by atoms with Gasteiger partial charge in [0.15, 0.2) is 0 Å². The van der Waals surface area contributed by atoms with Crippen LogP contribution in [0.15, 0.2) is 0 Å². The van der Waals surface area contributed by atoms with Crippen molar-refractivity contribution < 1.29 is 4.21 Å². The Morgan fingerprint density at radius 1 is 1.60 bits per heavy atom. The fourth-order valence-electron chi connectivity index (χ4n) is 0.184. The summed E-state index contributed by atoms with van der Waals surface area (Å²) in [6, 6.07) is 0. The maximum atomic E-state index is 10.7. The summed E-state index contributed by atoms with van der Waals surface area (Å²) in [4.78, 5) is 0. The fraction of sp³-hybridized carbons (Fsp3) is 1.00. The van der Waals surface area contributed by atoms with Crippen molar-refractivity contribution in [1.82, 2.24) is 0 Å². The molecule has 3 N–H and O–H groups in total. The van der Waals surface area contributed by atoms with Crippen LogP contribution in [0, 0.1) is 4.78 Å². The second-order valence-corrected chi connectivity index (χ2v) is 4.56. The smallest absolute Gasteiger partial charge is 0.0519 e. The first-order valence-electron chi connectivity index (χ1n) is 2.41. The van der Waals surface area contributed by atoms with Crippen LogP contribution in [0.5, 0.6) is 0 Å². The van der Waals surface area contributed by atoms with Crippen LogP contribution in [0.25, 0.3) is 0 Å². The van der Waals surface area contributed by atoms with E-state index in [-0.39, 0.29) is 30.1 Å². The van der Waals surface area contributed by atoms with Gasteiger partial charge in [-0.15, -0.1) is 24.8 Å². The highest BCUT2D eigenvalue weighted by Crippen LogP contribution is 1.94. The van der Waals surface area contributed by atoms with Gasteiger partial charge in [-0.2, -0.15) is 0 Å². The molecule has 6 heteroatoms. The van der Waals surface area contributed by atoms with Crippen LogP contribution in [0.4, 0.5) is 0 Å². The van der Waals surface area contributed by atoms with E-state index < -0.39 is 9.73 Å². The zero-order chi connectivity index (χ0) is 6.78. The number of rotatable bonds is 2. The Morgan fingerprint density at radius 2 is 1.90 bits per heavy atom. The second-order valence-electron chi connectivity index (χ2n) is 1.95. The van der Waals surface area contributed by atoms with Gasteiger partial charge in [-0.1, -0.05) is 0 Å². The summed E-state index contributed by atoms with van der Waals surface area (Å²) >= 11 is 0. The molecule has 0 fully saturated rings. The molecule has 0 radical (unpaired) electrons. The minimum Gasteiger partial charge on any atom is -0.329 e. The summed E-state index contributed by atoms with van der Waals surface area (Å²) in [6.45, 7) is 2.05. The van der Waals surface area contributed by atoms with Crippen LogP contribution in [0.3, 0.4) is 0 Å². The normalized spacial score (nSPS) is 17.5. The van der Waals surface area contributed by atoms with Crippen molar-refractivity contribution in [2.75, 3.05) is 12.8 Å². The van der Waals surface area contributed by atoms with Gasteiger partial charge in [-0.25, -0.2) is 4.21 Å². The monoisotopic (exact) mass is 208 g/mol. The number of hydrogen-bond donors (Lipinski definition) is 2. The van der Waals surface area contributed by atoms with Gasteiger partial charge in [0.2, 0.25) is 0 Å². The highest BCUT2D eigenvalue weighted by atomic mass is 35.5. The Hall–Kier alpha value is 0.490. The number of halogens is 2. The highest BCUT2D eigenvalue weighted by Gasteiger charge is 2.06. The summed E-state index contributed by atoms with van der Waals surface area (Å²) in [7, 11) is -2.38. The quantitative estimate of drug-likeness (QED) is 0.708. The molecule has 10 heavy (non-hydrogen) atoms. The minimum absolute atomic E-state index is 0. The zero-order valence-corrected chi connectivity index (χ0v) is 8.44. The van der Waals surface area contributed by atoms with Gasteiger partial charge in [-0.05, 0) is 6.92 Å². The van der Waals surface area contributed by atoms with E-state index in [0.29, 0.717) is 6.54 Å². The molecule has 0 aliphatic carbocycles. The van der Waals surface area contributed by atoms with Gasteiger partial charge in [0.25, 0.3) is 0 Å². The average molecular weight is 209 g/mol. The maximum absolute atomic E-state index is 10.7. The molecule has 0 spiro atoms. The van der Waals surface area contributed by atoms with Gasteiger partial charge >= 0.3 is 0 Å². The third kappa shape index (κ3) is 6.61. The molecular formula is C4H14Cl2N2OS. The minimum atomic E-state index is -2.38. The molecule has 0 saturated carbocycles. The lowest BCUT2D eigenvalue weighted by molar-refractivity contribution is 0.668. The van der Waals surface area contributed by atoms with Crippen LogP contribution in [-0.4, -0.2) is 22.3 Å². The maximum Gasteiger partial charge on any atom is 0.0519 e. The van der Waals surface area contributed by atoms with E-state index in [0.717, 1.165) is 0 Å². The van der Waals surface area contributed by atoms with E-state index in [1.54, 1.807) is 6.92 Å². The molecule has 0 heterocycles. The predicted octanol–water partition coefficient (Wildman–Crippen LogP) is 0.854. The molecule has 0 amide bonds. The standard InChI is InChI=1S/C4H12N2OS.2ClH/c1-4(3-5)8(2,6)7;;/h4,6H,3,5H2,1-2H3;2*1H. The molecule has 0 aliphatic rings. The molecule has 0 rings (SSSR count). The van der Waals surface area contributed by atoms with Crippen LogP contribution >= 0.6 is 24.8 Å². The van der Waals surface area contributed by atoms with Crippen molar-refractivity contribution in [2.24, 2.45) is 5.73 Å². The summed E-state index contributed by atoms with van der Waals surface area (Å²) in [5, 5.41) is -0.178. The van der Waals surface area contributed by atoms with Crippen LogP contribution in [-0.2, 0) is 9.73 Å². The molecule has 0 aromatic heterocycles. The Balaban J connectivity index is -0.000000245. The molecule has 0 aromatic carbocycles. The third-order valence-electron chi connectivity index (χ3n) is 1.10. The summed E-state index contributed by atoms with van der Waals surface area (Å²) in [5.41, 5.74) is 5.16. The molecule has 0 bridgehead atoms. The summed E-state index contributed by atoms with van der Waals surface area (Å²) < 4.78 is 17.7. The van der Waals surface area contributed by atoms with Crippen LogP contribution in [0.2, 0.25) is 0 Å². The topological polar surface area (TPSA) is 66.9 Å². The van der Waals surface area contributed by atoms with Crippen molar-refractivity contribution >= 4 is 34.5 Å². The van der Waals surface area contributed by atoms with Gasteiger partial charge in [0, 0.05) is 22.5 Å². The molecular weight excluding hydrogens is 195 g/mol. The Labute approximate surface area is 74.5 Å². The van der Waals surface area contributed by atoms with Crippen LogP contribution < -0.4 is 5.73 Å². The van der Waals surface area contributed by atoms with Gasteiger partial charge in [0.05, 0.1) is 5.25 Å². The van der Waals surface area contributed by atoms with E-state index in [1.165, 1.54) is 6.26 Å². The molecule has 0 aliphatic heterocycles. The van der Waals surface area contributed by atoms with Crippen molar-refractivity contribution in [3.8, 4) is 0 Å². The molecule has 0 aromatic rings. The average Bonchev–Trinajstić information content (AvgIpc) is 1.62. The molecule has 66 valence electrons.